The summed E-state index contributed by atoms with van der Waals surface area (Å²) in [6, 6.07) is 11.9. The van der Waals surface area contributed by atoms with E-state index < -0.39 is 17.8 Å². The van der Waals surface area contributed by atoms with Crippen LogP contribution in [0.2, 0.25) is 0 Å². The highest BCUT2D eigenvalue weighted by Crippen LogP contribution is 2.26. The van der Waals surface area contributed by atoms with E-state index in [2.05, 4.69) is 35.9 Å². The Kier molecular flexibility index (Phi) is 5.54. The van der Waals surface area contributed by atoms with E-state index in [9.17, 15) is 13.6 Å². The number of halogens is 2. The van der Waals surface area contributed by atoms with Crippen LogP contribution in [0.25, 0.3) is 11.3 Å². The van der Waals surface area contributed by atoms with Gasteiger partial charge in [0.15, 0.2) is 0 Å². The van der Waals surface area contributed by atoms with Crippen molar-refractivity contribution in [2.45, 2.75) is 13.3 Å². The van der Waals surface area contributed by atoms with Crippen molar-refractivity contribution in [3.05, 3.63) is 83.4 Å². The molecule has 2 aliphatic heterocycles. The molecule has 0 fully saturated rings. The molecule has 1 aromatic carbocycles. The lowest BCUT2D eigenvalue weighted by molar-refractivity contribution is 0.0949. The van der Waals surface area contributed by atoms with E-state index in [1.54, 1.807) is 6.20 Å². The van der Waals surface area contributed by atoms with Crippen LogP contribution in [0.15, 0.2) is 54.9 Å². The molecule has 0 saturated carbocycles. The quantitative estimate of drug-likeness (QED) is 0.337. The minimum atomic E-state index is -0.926. The number of amides is 1. The van der Waals surface area contributed by atoms with Crippen molar-refractivity contribution in [3.63, 3.8) is 0 Å². The lowest BCUT2D eigenvalue weighted by Gasteiger charge is -2.12. The van der Waals surface area contributed by atoms with Gasteiger partial charge in [-0.15, -0.1) is 0 Å². The van der Waals surface area contributed by atoms with Gasteiger partial charge in [0.2, 0.25) is 17.8 Å². The molecule has 0 radical (unpaired) electrons. The number of hydrogen-bond acceptors (Lipinski definition) is 7. The van der Waals surface area contributed by atoms with E-state index in [1.807, 2.05) is 31.2 Å². The van der Waals surface area contributed by atoms with Gasteiger partial charge in [-0.3, -0.25) is 4.79 Å². The average molecular weight is 459 g/mol. The van der Waals surface area contributed by atoms with Crippen LogP contribution in [0.1, 0.15) is 21.5 Å². The van der Waals surface area contributed by atoms with Gasteiger partial charge in [-0.1, -0.05) is 12.1 Å². The summed E-state index contributed by atoms with van der Waals surface area (Å²) in [5.74, 6) is -1.57. The Morgan fingerprint density at radius 1 is 0.941 bits per heavy atom. The number of pyridine rings is 2. The fourth-order valence-corrected chi connectivity index (χ4v) is 3.55. The highest BCUT2D eigenvalue weighted by atomic mass is 19.1. The van der Waals surface area contributed by atoms with Crippen molar-refractivity contribution in [1.82, 2.24) is 25.3 Å². The highest BCUT2D eigenvalue weighted by Gasteiger charge is 2.16. The Morgan fingerprint density at radius 2 is 1.82 bits per heavy atom. The number of fused-ring (bicyclic) bond motifs is 5. The maximum Gasteiger partial charge on any atom is 0.255 e. The van der Waals surface area contributed by atoms with Gasteiger partial charge in [-0.2, -0.15) is 13.8 Å². The maximum absolute atomic E-state index is 14.7. The second kappa shape index (κ2) is 8.81. The van der Waals surface area contributed by atoms with Gasteiger partial charge in [0.1, 0.15) is 5.82 Å². The first-order chi connectivity index (χ1) is 16.5. The predicted octanol–water partition coefficient (Wildman–Crippen LogP) is 4.29. The smallest absolute Gasteiger partial charge is 0.255 e. The zero-order valence-electron chi connectivity index (χ0n) is 18.1. The van der Waals surface area contributed by atoms with E-state index in [0.717, 1.165) is 16.8 Å². The normalized spacial score (nSPS) is 13.1. The fourth-order valence-electron chi connectivity index (χ4n) is 3.55. The summed E-state index contributed by atoms with van der Waals surface area (Å²) in [5.41, 5.74) is 2.92. The van der Waals surface area contributed by atoms with Crippen molar-refractivity contribution >= 4 is 29.0 Å². The van der Waals surface area contributed by atoms with Crippen LogP contribution in [0.5, 0.6) is 0 Å². The lowest BCUT2D eigenvalue weighted by atomic mass is 10.1. The Labute approximate surface area is 193 Å². The van der Waals surface area contributed by atoms with Crippen molar-refractivity contribution in [3.8, 4) is 11.3 Å². The Morgan fingerprint density at radius 3 is 2.68 bits per heavy atom. The van der Waals surface area contributed by atoms with E-state index in [1.165, 1.54) is 24.4 Å². The summed E-state index contributed by atoms with van der Waals surface area (Å²) in [4.78, 5) is 28.8. The largest absolute Gasteiger partial charge is 0.352 e. The van der Waals surface area contributed by atoms with Crippen LogP contribution in [-0.4, -0.2) is 32.4 Å². The van der Waals surface area contributed by atoms with Gasteiger partial charge >= 0.3 is 0 Å². The summed E-state index contributed by atoms with van der Waals surface area (Å²) in [6.45, 7) is 2.17. The number of nitrogens with zero attached hydrogens (tertiary/aromatic N) is 4. The third kappa shape index (κ3) is 4.38. The van der Waals surface area contributed by atoms with E-state index >= 15 is 0 Å². The third-order valence-corrected chi connectivity index (χ3v) is 5.34. The molecule has 2 aliphatic rings. The van der Waals surface area contributed by atoms with Crippen molar-refractivity contribution in [1.29, 1.82) is 0 Å². The zero-order chi connectivity index (χ0) is 23.7. The molecule has 1 amide bonds. The number of anilines is 4. The van der Waals surface area contributed by atoms with Crippen molar-refractivity contribution in [2.75, 3.05) is 17.2 Å². The Bertz CT molecular complexity index is 1410. The topological polar surface area (TPSA) is 105 Å². The average Bonchev–Trinajstić information content (AvgIpc) is 2.82. The predicted molar refractivity (Wildman–Crippen MR) is 123 cm³/mol. The number of carbonyl (C=O) groups is 1. The van der Waals surface area contributed by atoms with Crippen molar-refractivity contribution in [2.24, 2.45) is 0 Å². The van der Waals surface area contributed by atoms with Crippen LogP contribution in [-0.2, 0) is 6.42 Å². The molecule has 34 heavy (non-hydrogen) atoms. The van der Waals surface area contributed by atoms with Gasteiger partial charge in [0.05, 0.1) is 16.9 Å². The van der Waals surface area contributed by atoms with E-state index in [-0.39, 0.29) is 22.9 Å². The molecule has 0 saturated heterocycles. The van der Waals surface area contributed by atoms with Gasteiger partial charge in [-0.05, 0) is 49.2 Å². The molecule has 10 heteroatoms. The monoisotopic (exact) mass is 459 g/mol. The number of rotatable bonds is 0. The standard InChI is InChI=1S/C24H19F2N7O/c1-13-11-29-24-32-19-10-15(12-28-21(19)26)18-6-5-17(20(25)31-18)23(34)27-8-7-14-3-2-4-16(9-14)30-22(13)33-24/h2-6,9-12H,7-8H2,1H3,(H,27,34)(H2,29,30,32,33). The summed E-state index contributed by atoms with van der Waals surface area (Å²) in [5, 5.41) is 8.80. The minimum absolute atomic E-state index is 0.00348. The number of aromatic nitrogens is 4. The molecule has 3 N–H and O–H groups in total. The van der Waals surface area contributed by atoms with Crippen LogP contribution in [0, 0.1) is 18.8 Å². The summed E-state index contributed by atoms with van der Waals surface area (Å²) in [6.07, 6.45) is 3.39. The van der Waals surface area contributed by atoms with Gasteiger partial charge in [-0.25, -0.2) is 15.0 Å². The second-order valence-corrected chi connectivity index (χ2v) is 7.78. The molecule has 170 valence electrons. The fraction of sp³-hybridized carbons (Fsp3) is 0.125. The molecule has 6 rings (SSSR count). The SMILES string of the molecule is Cc1cnc2nc1Nc1cccc(c1)CCNC(=O)c1ccc(nc1F)-c1cnc(F)c(c1)N2. The first kappa shape index (κ1) is 21.4. The van der Waals surface area contributed by atoms with Gasteiger partial charge < -0.3 is 16.0 Å². The molecule has 0 spiro atoms. The number of carbonyl (C=O) groups excluding carboxylic acids is 1. The van der Waals surface area contributed by atoms with E-state index in [4.69, 9.17) is 0 Å². The number of benzene rings is 1. The summed E-state index contributed by atoms with van der Waals surface area (Å²) < 4.78 is 29.1. The number of hydrogen-bond donors (Lipinski definition) is 3. The third-order valence-electron chi connectivity index (χ3n) is 5.34. The number of aryl methyl sites for hydroxylation is 1. The molecule has 0 atom stereocenters. The molecule has 4 aromatic rings. The Hall–Kier alpha value is -4.47. The van der Waals surface area contributed by atoms with E-state index in [0.29, 0.717) is 24.3 Å². The molecule has 0 aliphatic carbocycles. The molecular weight excluding hydrogens is 440 g/mol. The van der Waals surface area contributed by atoms with Crippen LogP contribution in [0.3, 0.4) is 0 Å². The lowest BCUT2D eigenvalue weighted by Crippen LogP contribution is -2.27. The summed E-state index contributed by atoms with van der Waals surface area (Å²) >= 11 is 0. The Balaban J connectivity index is 1.60. The van der Waals surface area contributed by atoms with Crippen LogP contribution < -0.4 is 16.0 Å². The maximum atomic E-state index is 14.7. The molecule has 5 heterocycles. The highest BCUT2D eigenvalue weighted by molar-refractivity contribution is 5.94. The molecular formula is C24H19F2N7O. The zero-order valence-corrected chi connectivity index (χ0v) is 18.1. The minimum Gasteiger partial charge on any atom is -0.352 e. The van der Waals surface area contributed by atoms with Gasteiger partial charge in [0, 0.05) is 35.8 Å². The van der Waals surface area contributed by atoms with Gasteiger partial charge in [0.25, 0.3) is 5.91 Å². The van der Waals surface area contributed by atoms with Crippen molar-refractivity contribution < 1.29 is 13.6 Å². The first-order valence-corrected chi connectivity index (χ1v) is 10.5. The van der Waals surface area contributed by atoms with Crippen LogP contribution >= 0.6 is 0 Å². The molecule has 8 nitrogen and oxygen atoms in total. The molecule has 3 aromatic heterocycles. The number of nitrogens with one attached hydrogen (secondary N) is 3. The first-order valence-electron chi connectivity index (χ1n) is 10.5. The second-order valence-electron chi connectivity index (χ2n) is 7.78. The molecule has 8 bridgehead atoms. The summed E-state index contributed by atoms with van der Waals surface area (Å²) in [7, 11) is 0. The molecule has 0 unspecified atom stereocenters. The van der Waals surface area contributed by atoms with Crippen LogP contribution in [0.4, 0.5) is 31.9 Å².